The molecule has 0 aliphatic carbocycles. The standard InChI is InChI=1S/C14H28N2O/c1-4-5-6-7-14(17)16-10-8-15(9-11-16)12-13(2)3/h13H,4-12H2,1-3H3. The zero-order valence-corrected chi connectivity index (χ0v) is 11.7. The number of nitrogens with zero attached hydrogens (tertiary/aromatic N) is 2. The van der Waals surface area contributed by atoms with Crippen molar-refractivity contribution in [2.24, 2.45) is 5.92 Å². The van der Waals surface area contributed by atoms with Crippen molar-refractivity contribution < 1.29 is 4.79 Å². The number of carbonyl (C=O) groups excluding carboxylic acids is 1. The Kier molecular flexibility index (Phi) is 6.56. The van der Waals surface area contributed by atoms with Crippen LogP contribution in [0.1, 0.15) is 46.5 Å². The first-order chi connectivity index (χ1) is 8.13. The van der Waals surface area contributed by atoms with E-state index in [9.17, 15) is 4.79 Å². The SMILES string of the molecule is CCCCCC(=O)N1CCN(CC(C)C)CC1. The van der Waals surface area contributed by atoms with Crippen LogP contribution >= 0.6 is 0 Å². The van der Waals surface area contributed by atoms with E-state index in [1.54, 1.807) is 0 Å². The Morgan fingerprint density at radius 3 is 2.29 bits per heavy atom. The van der Waals surface area contributed by atoms with E-state index in [0.717, 1.165) is 51.5 Å². The fraction of sp³-hybridized carbons (Fsp3) is 0.929. The van der Waals surface area contributed by atoms with Crippen LogP contribution in [0.15, 0.2) is 0 Å². The van der Waals surface area contributed by atoms with Crippen molar-refractivity contribution in [3.8, 4) is 0 Å². The van der Waals surface area contributed by atoms with E-state index in [4.69, 9.17) is 0 Å². The summed E-state index contributed by atoms with van der Waals surface area (Å²) in [6, 6.07) is 0. The number of unbranched alkanes of at least 4 members (excludes halogenated alkanes) is 2. The van der Waals surface area contributed by atoms with Gasteiger partial charge in [-0.05, 0) is 12.3 Å². The van der Waals surface area contributed by atoms with Gasteiger partial charge in [0, 0.05) is 39.1 Å². The summed E-state index contributed by atoms with van der Waals surface area (Å²) in [6.07, 6.45) is 4.17. The van der Waals surface area contributed by atoms with E-state index in [2.05, 4.69) is 25.7 Å². The molecule has 0 spiro atoms. The predicted molar refractivity (Wildman–Crippen MR) is 72.0 cm³/mol. The van der Waals surface area contributed by atoms with Crippen LogP contribution in [-0.4, -0.2) is 48.4 Å². The summed E-state index contributed by atoms with van der Waals surface area (Å²) in [5, 5.41) is 0. The topological polar surface area (TPSA) is 23.6 Å². The van der Waals surface area contributed by atoms with E-state index in [1.807, 2.05) is 4.90 Å². The van der Waals surface area contributed by atoms with Crippen LogP contribution in [0.4, 0.5) is 0 Å². The fourth-order valence-electron chi connectivity index (χ4n) is 2.38. The number of rotatable bonds is 6. The van der Waals surface area contributed by atoms with Crippen molar-refractivity contribution in [3.05, 3.63) is 0 Å². The fourth-order valence-corrected chi connectivity index (χ4v) is 2.38. The lowest BCUT2D eigenvalue weighted by Crippen LogP contribution is -2.49. The molecule has 0 aromatic heterocycles. The molecule has 17 heavy (non-hydrogen) atoms. The molecule has 0 aromatic carbocycles. The first kappa shape index (κ1) is 14.5. The van der Waals surface area contributed by atoms with Crippen molar-refractivity contribution in [1.29, 1.82) is 0 Å². The van der Waals surface area contributed by atoms with Crippen LogP contribution in [-0.2, 0) is 4.79 Å². The van der Waals surface area contributed by atoms with Gasteiger partial charge in [-0.25, -0.2) is 0 Å². The molecular formula is C14H28N2O. The maximum absolute atomic E-state index is 11.9. The molecule has 0 atom stereocenters. The Bertz CT molecular complexity index is 220. The first-order valence-electron chi connectivity index (χ1n) is 7.13. The van der Waals surface area contributed by atoms with Gasteiger partial charge in [-0.1, -0.05) is 33.6 Å². The largest absolute Gasteiger partial charge is 0.340 e. The summed E-state index contributed by atoms with van der Waals surface area (Å²) in [5.74, 6) is 1.09. The normalized spacial score (nSPS) is 17.8. The third-order valence-corrected chi connectivity index (χ3v) is 3.34. The van der Waals surface area contributed by atoms with Crippen LogP contribution < -0.4 is 0 Å². The highest BCUT2D eigenvalue weighted by Crippen LogP contribution is 2.08. The highest BCUT2D eigenvalue weighted by molar-refractivity contribution is 5.76. The zero-order chi connectivity index (χ0) is 12.7. The molecule has 1 amide bonds. The van der Waals surface area contributed by atoms with Crippen molar-refractivity contribution in [1.82, 2.24) is 9.80 Å². The van der Waals surface area contributed by atoms with Crippen LogP contribution in [0.5, 0.6) is 0 Å². The molecule has 100 valence electrons. The maximum Gasteiger partial charge on any atom is 0.222 e. The number of amides is 1. The van der Waals surface area contributed by atoms with Gasteiger partial charge in [0.05, 0.1) is 0 Å². The second-order valence-corrected chi connectivity index (χ2v) is 5.53. The molecule has 0 bridgehead atoms. The highest BCUT2D eigenvalue weighted by Gasteiger charge is 2.20. The molecule has 0 unspecified atom stereocenters. The van der Waals surface area contributed by atoms with E-state index in [-0.39, 0.29) is 0 Å². The summed E-state index contributed by atoms with van der Waals surface area (Å²) in [5.41, 5.74) is 0. The van der Waals surface area contributed by atoms with Gasteiger partial charge in [-0.2, -0.15) is 0 Å². The van der Waals surface area contributed by atoms with E-state index >= 15 is 0 Å². The van der Waals surface area contributed by atoms with Crippen molar-refractivity contribution in [3.63, 3.8) is 0 Å². The summed E-state index contributed by atoms with van der Waals surface area (Å²) in [7, 11) is 0. The lowest BCUT2D eigenvalue weighted by Gasteiger charge is -2.35. The third kappa shape index (κ3) is 5.53. The van der Waals surface area contributed by atoms with Crippen LogP contribution in [0.3, 0.4) is 0 Å². The monoisotopic (exact) mass is 240 g/mol. The van der Waals surface area contributed by atoms with Crippen LogP contribution in [0, 0.1) is 5.92 Å². The first-order valence-corrected chi connectivity index (χ1v) is 7.13. The Hall–Kier alpha value is -0.570. The molecule has 1 fully saturated rings. The average molecular weight is 240 g/mol. The summed E-state index contributed by atoms with van der Waals surface area (Å²) >= 11 is 0. The van der Waals surface area contributed by atoms with Gasteiger partial charge in [0.15, 0.2) is 0 Å². The second kappa shape index (κ2) is 7.70. The van der Waals surface area contributed by atoms with Crippen molar-refractivity contribution in [2.75, 3.05) is 32.7 Å². The molecular weight excluding hydrogens is 212 g/mol. The van der Waals surface area contributed by atoms with E-state index < -0.39 is 0 Å². The second-order valence-electron chi connectivity index (χ2n) is 5.53. The number of hydrogen-bond donors (Lipinski definition) is 0. The van der Waals surface area contributed by atoms with Gasteiger partial charge in [-0.15, -0.1) is 0 Å². The molecule has 3 heteroatoms. The lowest BCUT2D eigenvalue weighted by molar-refractivity contribution is -0.133. The molecule has 1 aliphatic heterocycles. The van der Waals surface area contributed by atoms with Gasteiger partial charge in [0.2, 0.25) is 5.91 Å². The van der Waals surface area contributed by atoms with Gasteiger partial charge in [-0.3, -0.25) is 9.69 Å². The number of piperazine rings is 1. The van der Waals surface area contributed by atoms with Gasteiger partial charge < -0.3 is 4.90 Å². The van der Waals surface area contributed by atoms with Gasteiger partial charge >= 0.3 is 0 Å². The zero-order valence-electron chi connectivity index (χ0n) is 11.7. The lowest BCUT2D eigenvalue weighted by atomic mass is 10.1. The maximum atomic E-state index is 11.9. The quantitative estimate of drug-likeness (QED) is 0.665. The smallest absolute Gasteiger partial charge is 0.222 e. The molecule has 1 saturated heterocycles. The molecule has 0 N–H and O–H groups in total. The van der Waals surface area contributed by atoms with Gasteiger partial charge in [0.25, 0.3) is 0 Å². The van der Waals surface area contributed by atoms with E-state index in [1.165, 1.54) is 12.8 Å². The Balaban J connectivity index is 2.19. The summed E-state index contributed by atoms with van der Waals surface area (Å²) in [4.78, 5) is 16.4. The molecule has 1 aliphatic rings. The summed E-state index contributed by atoms with van der Waals surface area (Å²) in [6.45, 7) is 11.8. The summed E-state index contributed by atoms with van der Waals surface area (Å²) < 4.78 is 0. The minimum absolute atomic E-state index is 0.364. The molecule has 1 heterocycles. The Labute approximate surface area is 106 Å². The molecule has 0 radical (unpaired) electrons. The van der Waals surface area contributed by atoms with Crippen molar-refractivity contribution in [2.45, 2.75) is 46.5 Å². The predicted octanol–water partition coefficient (Wildman–Crippen LogP) is 2.37. The number of carbonyl (C=O) groups is 1. The van der Waals surface area contributed by atoms with E-state index in [0.29, 0.717) is 5.91 Å². The average Bonchev–Trinajstić information content (AvgIpc) is 2.29. The molecule has 3 nitrogen and oxygen atoms in total. The van der Waals surface area contributed by atoms with Gasteiger partial charge in [0.1, 0.15) is 0 Å². The van der Waals surface area contributed by atoms with Crippen LogP contribution in [0.2, 0.25) is 0 Å². The molecule has 1 rings (SSSR count). The van der Waals surface area contributed by atoms with Crippen molar-refractivity contribution >= 4 is 5.91 Å². The third-order valence-electron chi connectivity index (χ3n) is 3.34. The minimum Gasteiger partial charge on any atom is -0.340 e. The molecule has 0 saturated carbocycles. The number of hydrogen-bond acceptors (Lipinski definition) is 2. The Morgan fingerprint density at radius 1 is 1.12 bits per heavy atom. The Morgan fingerprint density at radius 2 is 1.76 bits per heavy atom. The molecule has 0 aromatic rings. The van der Waals surface area contributed by atoms with Crippen LogP contribution in [0.25, 0.3) is 0 Å². The minimum atomic E-state index is 0.364. The highest BCUT2D eigenvalue weighted by atomic mass is 16.2.